The van der Waals surface area contributed by atoms with Crippen LogP contribution in [-0.2, 0) is 7.05 Å². The van der Waals surface area contributed by atoms with Crippen LogP contribution in [0.25, 0.3) is 0 Å². The first kappa shape index (κ1) is 12.8. The number of carbonyl (C=O) groups is 1. The van der Waals surface area contributed by atoms with Crippen LogP contribution in [0.5, 0.6) is 5.75 Å². The van der Waals surface area contributed by atoms with E-state index >= 15 is 0 Å². The molecular weight excluding hydrogens is 275 g/mol. The zero-order chi connectivity index (χ0) is 13.3. The van der Waals surface area contributed by atoms with Gasteiger partial charge in [0.05, 0.1) is 10.7 Å². The predicted molar refractivity (Wildman–Crippen MR) is 71.5 cm³/mol. The molecule has 2 rings (SSSR count). The van der Waals surface area contributed by atoms with E-state index in [1.165, 1.54) is 12.1 Å². The summed E-state index contributed by atoms with van der Waals surface area (Å²) in [6, 6.07) is 6.25. The molecule has 0 unspecified atom stereocenters. The van der Waals surface area contributed by atoms with Crippen LogP contribution in [0, 0.1) is 0 Å². The van der Waals surface area contributed by atoms with Crippen LogP contribution in [0.1, 0.15) is 10.5 Å². The van der Waals surface area contributed by atoms with Crippen molar-refractivity contribution >= 4 is 34.8 Å². The zero-order valence-corrected chi connectivity index (χ0v) is 11.0. The first-order valence-corrected chi connectivity index (χ1v) is 5.85. The summed E-state index contributed by atoms with van der Waals surface area (Å²) >= 11 is 11.6. The van der Waals surface area contributed by atoms with Crippen LogP contribution < -0.4 is 5.32 Å². The third-order valence-electron chi connectivity index (χ3n) is 2.45. The van der Waals surface area contributed by atoms with Gasteiger partial charge in [0.2, 0.25) is 0 Å². The molecule has 18 heavy (non-hydrogen) atoms. The van der Waals surface area contributed by atoms with Gasteiger partial charge in [-0.1, -0.05) is 23.2 Å². The monoisotopic (exact) mass is 284 g/mol. The van der Waals surface area contributed by atoms with Gasteiger partial charge in [-0.3, -0.25) is 4.79 Å². The quantitative estimate of drug-likeness (QED) is 0.832. The number of aryl methyl sites for hydroxylation is 1. The highest BCUT2D eigenvalue weighted by Crippen LogP contribution is 2.35. The highest BCUT2D eigenvalue weighted by molar-refractivity contribution is 6.36. The number of phenols is 1. The molecule has 1 aromatic heterocycles. The number of aromatic nitrogens is 1. The number of rotatable bonds is 2. The lowest BCUT2D eigenvalue weighted by atomic mass is 10.2. The Bertz CT molecular complexity index is 608. The Hall–Kier alpha value is -1.65. The molecule has 0 radical (unpaired) electrons. The molecule has 2 aromatic rings. The Kier molecular flexibility index (Phi) is 3.50. The second-order valence-corrected chi connectivity index (χ2v) is 4.59. The summed E-state index contributed by atoms with van der Waals surface area (Å²) in [7, 11) is 1.75. The fraction of sp³-hybridized carbons (Fsp3) is 0.0833. The van der Waals surface area contributed by atoms with Crippen molar-refractivity contribution in [1.29, 1.82) is 0 Å². The van der Waals surface area contributed by atoms with Gasteiger partial charge in [0.1, 0.15) is 5.69 Å². The van der Waals surface area contributed by atoms with Gasteiger partial charge < -0.3 is 15.0 Å². The molecule has 2 N–H and O–H groups in total. The number of halogens is 2. The fourth-order valence-electron chi connectivity index (χ4n) is 1.54. The van der Waals surface area contributed by atoms with Gasteiger partial charge in [-0.05, 0) is 24.3 Å². The molecule has 1 amide bonds. The average Bonchev–Trinajstić information content (AvgIpc) is 2.71. The average molecular weight is 285 g/mol. The first-order chi connectivity index (χ1) is 8.49. The van der Waals surface area contributed by atoms with E-state index in [1.807, 2.05) is 0 Å². The van der Waals surface area contributed by atoms with Crippen molar-refractivity contribution in [3.05, 3.63) is 46.2 Å². The van der Waals surface area contributed by atoms with Crippen LogP contribution in [0.15, 0.2) is 30.5 Å². The van der Waals surface area contributed by atoms with Crippen molar-refractivity contribution in [3.63, 3.8) is 0 Å². The van der Waals surface area contributed by atoms with Crippen molar-refractivity contribution in [2.45, 2.75) is 0 Å². The van der Waals surface area contributed by atoms with Crippen molar-refractivity contribution in [2.75, 3.05) is 5.32 Å². The Morgan fingerprint density at radius 3 is 2.72 bits per heavy atom. The smallest absolute Gasteiger partial charge is 0.272 e. The lowest BCUT2D eigenvalue weighted by molar-refractivity contribution is 0.101. The number of anilines is 1. The molecule has 0 bridgehead atoms. The minimum Gasteiger partial charge on any atom is -0.504 e. The van der Waals surface area contributed by atoms with Gasteiger partial charge in [-0.15, -0.1) is 0 Å². The number of benzene rings is 1. The molecule has 0 atom stereocenters. The Balaban J connectivity index is 2.30. The number of hydrogen-bond donors (Lipinski definition) is 2. The Labute approximate surface area is 114 Å². The molecule has 1 heterocycles. The third kappa shape index (κ3) is 2.44. The molecule has 0 fully saturated rings. The molecule has 1 aromatic carbocycles. The minimum atomic E-state index is -0.351. The molecule has 4 nitrogen and oxygen atoms in total. The highest BCUT2D eigenvalue weighted by Gasteiger charge is 2.13. The van der Waals surface area contributed by atoms with Gasteiger partial charge >= 0.3 is 0 Å². The molecule has 0 spiro atoms. The SMILES string of the molecule is Cn1cccc1C(=O)Nc1cc(Cl)cc(Cl)c1O. The van der Waals surface area contributed by atoms with Gasteiger partial charge in [-0.25, -0.2) is 0 Å². The van der Waals surface area contributed by atoms with Crippen LogP contribution in [0.2, 0.25) is 10.0 Å². The number of aromatic hydroxyl groups is 1. The van der Waals surface area contributed by atoms with Gasteiger partial charge in [0.25, 0.3) is 5.91 Å². The van der Waals surface area contributed by atoms with Crippen molar-refractivity contribution in [3.8, 4) is 5.75 Å². The lowest BCUT2D eigenvalue weighted by Gasteiger charge is -2.09. The van der Waals surface area contributed by atoms with Gasteiger partial charge in [-0.2, -0.15) is 0 Å². The molecule has 6 heteroatoms. The summed E-state index contributed by atoms with van der Waals surface area (Å²) in [6.07, 6.45) is 1.75. The number of carbonyl (C=O) groups excluding carboxylic acids is 1. The molecule has 0 saturated carbocycles. The second-order valence-electron chi connectivity index (χ2n) is 3.74. The topological polar surface area (TPSA) is 54.3 Å². The summed E-state index contributed by atoms with van der Waals surface area (Å²) in [5.41, 5.74) is 0.643. The maximum atomic E-state index is 11.9. The van der Waals surface area contributed by atoms with Crippen LogP contribution in [0.3, 0.4) is 0 Å². The van der Waals surface area contributed by atoms with Crippen molar-refractivity contribution in [2.24, 2.45) is 7.05 Å². The van der Waals surface area contributed by atoms with E-state index in [0.29, 0.717) is 10.7 Å². The summed E-state index contributed by atoms with van der Waals surface area (Å²) < 4.78 is 1.67. The molecule has 0 aliphatic heterocycles. The maximum absolute atomic E-state index is 11.9. The number of nitrogens with one attached hydrogen (secondary N) is 1. The summed E-state index contributed by atoms with van der Waals surface area (Å²) in [5, 5.41) is 12.7. The van der Waals surface area contributed by atoms with Crippen LogP contribution in [0.4, 0.5) is 5.69 Å². The standard InChI is InChI=1S/C12H10Cl2N2O2/c1-16-4-2-3-10(16)12(18)15-9-6-7(13)5-8(14)11(9)17/h2-6,17H,1H3,(H,15,18). The van der Waals surface area contributed by atoms with E-state index in [-0.39, 0.29) is 22.4 Å². The highest BCUT2D eigenvalue weighted by atomic mass is 35.5. The molecule has 0 saturated heterocycles. The molecule has 94 valence electrons. The number of amides is 1. The molecule has 0 aliphatic carbocycles. The van der Waals surface area contributed by atoms with E-state index < -0.39 is 0 Å². The number of hydrogen-bond acceptors (Lipinski definition) is 2. The number of phenolic OH excluding ortho intramolecular Hbond substituents is 1. The third-order valence-corrected chi connectivity index (χ3v) is 2.96. The summed E-state index contributed by atoms with van der Waals surface area (Å²) in [6.45, 7) is 0. The Morgan fingerprint density at radius 1 is 1.39 bits per heavy atom. The first-order valence-electron chi connectivity index (χ1n) is 5.09. The molecular formula is C12H10Cl2N2O2. The summed E-state index contributed by atoms with van der Waals surface area (Å²) in [4.78, 5) is 11.9. The van der Waals surface area contributed by atoms with E-state index in [0.717, 1.165) is 0 Å². The summed E-state index contributed by atoms with van der Waals surface area (Å²) in [5.74, 6) is -0.556. The van der Waals surface area contributed by atoms with Crippen molar-refractivity contribution < 1.29 is 9.90 Å². The predicted octanol–water partition coefficient (Wildman–Crippen LogP) is 3.29. The number of nitrogens with zero attached hydrogens (tertiary/aromatic N) is 1. The zero-order valence-electron chi connectivity index (χ0n) is 9.45. The van der Waals surface area contributed by atoms with Crippen LogP contribution in [-0.4, -0.2) is 15.6 Å². The van der Waals surface area contributed by atoms with E-state index in [9.17, 15) is 9.90 Å². The minimum absolute atomic E-state index is 0.0877. The van der Waals surface area contributed by atoms with E-state index in [2.05, 4.69) is 5.32 Å². The molecule has 0 aliphatic rings. The van der Waals surface area contributed by atoms with E-state index in [1.54, 1.807) is 29.9 Å². The fourth-order valence-corrected chi connectivity index (χ4v) is 2.04. The van der Waals surface area contributed by atoms with Gasteiger partial charge in [0.15, 0.2) is 5.75 Å². The maximum Gasteiger partial charge on any atom is 0.272 e. The van der Waals surface area contributed by atoms with Gasteiger partial charge in [0, 0.05) is 18.3 Å². The lowest BCUT2D eigenvalue weighted by Crippen LogP contribution is -2.15. The van der Waals surface area contributed by atoms with Crippen LogP contribution >= 0.6 is 23.2 Å². The second kappa shape index (κ2) is 4.92. The normalized spacial score (nSPS) is 10.4. The Morgan fingerprint density at radius 2 is 2.11 bits per heavy atom. The largest absolute Gasteiger partial charge is 0.504 e. The van der Waals surface area contributed by atoms with Crippen molar-refractivity contribution in [1.82, 2.24) is 4.57 Å². The van der Waals surface area contributed by atoms with E-state index in [4.69, 9.17) is 23.2 Å².